The van der Waals surface area contributed by atoms with E-state index in [0.29, 0.717) is 11.7 Å². The summed E-state index contributed by atoms with van der Waals surface area (Å²) < 4.78 is 0. The van der Waals surface area contributed by atoms with Crippen molar-refractivity contribution in [3.8, 4) is 0 Å². The Bertz CT molecular complexity index is 498. The average molecular weight is 233 g/mol. The molecule has 0 spiro atoms. The Morgan fingerprint density at radius 3 is 2.88 bits per heavy atom. The number of benzene rings is 1. The first-order valence-electron chi connectivity index (χ1n) is 6.01. The van der Waals surface area contributed by atoms with E-state index in [9.17, 15) is 0 Å². The lowest BCUT2D eigenvalue weighted by molar-refractivity contribution is 0.264. The van der Waals surface area contributed by atoms with Gasteiger partial charge in [-0.05, 0) is 30.0 Å². The zero-order valence-corrected chi connectivity index (χ0v) is 10.3. The normalized spacial score (nSPS) is 15.1. The van der Waals surface area contributed by atoms with Crippen LogP contribution in [0.1, 0.15) is 43.6 Å². The fourth-order valence-corrected chi connectivity index (χ4v) is 1.85. The predicted molar refractivity (Wildman–Crippen MR) is 68.8 cm³/mol. The van der Waals surface area contributed by atoms with E-state index in [1.165, 1.54) is 5.56 Å². The standard InChI is InChI=1S/C13H19N3O/c1-3-8(2)9-4-5-11-12(6-9)16-13(15-11)10(14)7-17/h4-6,8,10,17H,3,7,14H2,1-2H3,(H,15,16)/t8?,10-/m0/s1. The summed E-state index contributed by atoms with van der Waals surface area (Å²) in [6.45, 7) is 4.28. The van der Waals surface area contributed by atoms with Crippen LogP contribution in [0.15, 0.2) is 18.2 Å². The van der Waals surface area contributed by atoms with Gasteiger partial charge in [0.1, 0.15) is 5.82 Å². The van der Waals surface area contributed by atoms with E-state index in [4.69, 9.17) is 10.8 Å². The number of nitrogens with one attached hydrogen (secondary N) is 1. The van der Waals surface area contributed by atoms with Gasteiger partial charge in [-0.15, -0.1) is 0 Å². The second kappa shape index (κ2) is 4.85. The molecule has 0 aliphatic rings. The zero-order valence-electron chi connectivity index (χ0n) is 10.3. The number of aliphatic hydroxyl groups is 1. The van der Waals surface area contributed by atoms with E-state index in [1.54, 1.807) is 0 Å². The van der Waals surface area contributed by atoms with E-state index >= 15 is 0 Å². The monoisotopic (exact) mass is 233 g/mol. The minimum atomic E-state index is -0.436. The fraction of sp³-hybridized carbons (Fsp3) is 0.462. The largest absolute Gasteiger partial charge is 0.394 e. The maximum atomic E-state index is 9.01. The molecule has 0 radical (unpaired) electrons. The highest BCUT2D eigenvalue weighted by atomic mass is 16.3. The molecule has 2 atom stereocenters. The van der Waals surface area contributed by atoms with Crippen molar-refractivity contribution >= 4 is 11.0 Å². The van der Waals surface area contributed by atoms with Gasteiger partial charge in [0.15, 0.2) is 0 Å². The highest BCUT2D eigenvalue weighted by Crippen LogP contribution is 2.23. The third-order valence-electron chi connectivity index (χ3n) is 3.25. The third kappa shape index (κ3) is 2.33. The number of fused-ring (bicyclic) bond motifs is 1. The van der Waals surface area contributed by atoms with E-state index < -0.39 is 6.04 Å². The molecule has 1 aromatic heterocycles. The number of imidazole rings is 1. The first-order chi connectivity index (χ1) is 8.15. The summed E-state index contributed by atoms with van der Waals surface area (Å²) >= 11 is 0. The first kappa shape index (κ1) is 12.1. The van der Waals surface area contributed by atoms with Crippen LogP contribution in [0, 0.1) is 0 Å². The van der Waals surface area contributed by atoms with Gasteiger partial charge in [-0.2, -0.15) is 0 Å². The van der Waals surface area contributed by atoms with Crippen LogP contribution in [0.5, 0.6) is 0 Å². The van der Waals surface area contributed by atoms with Gasteiger partial charge in [-0.25, -0.2) is 4.98 Å². The number of hydrogen-bond donors (Lipinski definition) is 3. The molecule has 0 bridgehead atoms. The maximum absolute atomic E-state index is 9.01. The molecule has 92 valence electrons. The molecule has 0 amide bonds. The highest BCUT2D eigenvalue weighted by molar-refractivity contribution is 5.76. The molecule has 17 heavy (non-hydrogen) atoms. The summed E-state index contributed by atoms with van der Waals surface area (Å²) in [6, 6.07) is 5.78. The number of rotatable bonds is 4. The average Bonchev–Trinajstić information content (AvgIpc) is 2.79. The fourth-order valence-electron chi connectivity index (χ4n) is 1.85. The quantitative estimate of drug-likeness (QED) is 0.756. The lowest BCUT2D eigenvalue weighted by Gasteiger charge is -2.07. The molecule has 4 nitrogen and oxygen atoms in total. The Hall–Kier alpha value is -1.39. The third-order valence-corrected chi connectivity index (χ3v) is 3.25. The molecule has 4 heteroatoms. The van der Waals surface area contributed by atoms with Gasteiger partial charge in [-0.1, -0.05) is 19.9 Å². The van der Waals surface area contributed by atoms with Gasteiger partial charge in [0.2, 0.25) is 0 Å². The molecule has 0 fully saturated rings. The second-order valence-electron chi connectivity index (χ2n) is 4.50. The number of aromatic nitrogens is 2. The van der Waals surface area contributed by atoms with E-state index in [1.807, 2.05) is 6.07 Å². The minimum absolute atomic E-state index is 0.0992. The van der Waals surface area contributed by atoms with Crippen molar-refractivity contribution in [1.82, 2.24) is 9.97 Å². The number of nitrogens with two attached hydrogens (primary N) is 1. The van der Waals surface area contributed by atoms with E-state index in [2.05, 4.69) is 35.9 Å². The van der Waals surface area contributed by atoms with Crippen LogP contribution in [0.3, 0.4) is 0 Å². The zero-order chi connectivity index (χ0) is 12.4. The van der Waals surface area contributed by atoms with Gasteiger partial charge in [0.05, 0.1) is 23.7 Å². The molecule has 1 unspecified atom stereocenters. The van der Waals surface area contributed by atoms with Crippen LogP contribution in [0.2, 0.25) is 0 Å². The summed E-state index contributed by atoms with van der Waals surface area (Å²) in [5, 5.41) is 9.01. The molecular formula is C13H19N3O. The van der Waals surface area contributed by atoms with Crippen molar-refractivity contribution in [2.75, 3.05) is 6.61 Å². The summed E-state index contributed by atoms with van der Waals surface area (Å²) in [6.07, 6.45) is 1.11. The Morgan fingerprint density at radius 2 is 2.24 bits per heavy atom. The van der Waals surface area contributed by atoms with Crippen molar-refractivity contribution in [3.05, 3.63) is 29.6 Å². The summed E-state index contributed by atoms with van der Waals surface area (Å²) in [4.78, 5) is 7.54. The molecule has 2 aromatic rings. The van der Waals surface area contributed by atoms with Gasteiger partial charge in [-0.3, -0.25) is 0 Å². The number of nitrogens with zero attached hydrogens (tertiary/aromatic N) is 1. The molecular weight excluding hydrogens is 214 g/mol. The van der Waals surface area contributed by atoms with Crippen LogP contribution in [0.25, 0.3) is 11.0 Å². The van der Waals surface area contributed by atoms with Gasteiger partial charge < -0.3 is 15.8 Å². The number of hydrogen-bond acceptors (Lipinski definition) is 3. The molecule has 2 rings (SSSR count). The molecule has 0 aliphatic heterocycles. The predicted octanol–water partition coefficient (Wildman–Crippen LogP) is 2.07. The minimum Gasteiger partial charge on any atom is -0.394 e. The van der Waals surface area contributed by atoms with Crippen LogP contribution in [-0.2, 0) is 0 Å². The summed E-state index contributed by atoms with van der Waals surface area (Å²) in [7, 11) is 0. The van der Waals surface area contributed by atoms with Gasteiger partial charge in [0, 0.05) is 0 Å². The van der Waals surface area contributed by atoms with Crippen LogP contribution < -0.4 is 5.73 Å². The molecule has 0 aliphatic carbocycles. The van der Waals surface area contributed by atoms with Crippen LogP contribution >= 0.6 is 0 Å². The number of H-pyrrole nitrogens is 1. The topological polar surface area (TPSA) is 74.9 Å². The van der Waals surface area contributed by atoms with Crippen molar-refractivity contribution in [2.24, 2.45) is 5.73 Å². The van der Waals surface area contributed by atoms with Crippen molar-refractivity contribution < 1.29 is 5.11 Å². The lowest BCUT2D eigenvalue weighted by atomic mass is 9.98. The van der Waals surface area contributed by atoms with Crippen LogP contribution in [-0.4, -0.2) is 21.7 Å². The van der Waals surface area contributed by atoms with E-state index in [-0.39, 0.29) is 6.61 Å². The van der Waals surface area contributed by atoms with Gasteiger partial charge >= 0.3 is 0 Å². The molecule has 0 saturated carbocycles. The molecule has 0 saturated heterocycles. The Labute approximate surface area is 101 Å². The van der Waals surface area contributed by atoms with Crippen molar-refractivity contribution in [3.63, 3.8) is 0 Å². The smallest absolute Gasteiger partial charge is 0.126 e. The molecule has 1 aromatic carbocycles. The molecule has 1 heterocycles. The maximum Gasteiger partial charge on any atom is 0.126 e. The second-order valence-corrected chi connectivity index (χ2v) is 4.50. The summed E-state index contributed by atoms with van der Waals surface area (Å²) in [5.41, 5.74) is 8.92. The van der Waals surface area contributed by atoms with E-state index in [0.717, 1.165) is 17.5 Å². The van der Waals surface area contributed by atoms with Crippen molar-refractivity contribution in [1.29, 1.82) is 0 Å². The Morgan fingerprint density at radius 1 is 1.47 bits per heavy atom. The summed E-state index contributed by atoms with van der Waals surface area (Å²) in [5.74, 6) is 1.18. The van der Waals surface area contributed by atoms with Crippen molar-refractivity contribution in [2.45, 2.75) is 32.2 Å². The highest BCUT2D eigenvalue weighted by Gasteiger charge is 2.11. The molecule has 4 N–H and O–H groups in total. The Kier molecular flexibility index (Phi) is 3.45. The Balaban J connectivity index is 2.41. The first-order valence-corrected chi connectivity index (χ1v) is 6.01. The SMILES string of the molecule is CCC(C)c1ccc2nc([C@@H](N)CO)[nH]c2c1. The van der Waals surface area contributed by atoms with Gasteiger partial charge in [0.25, 0.3) is 0 Å². The number of aromatic amines is 1. The number of aliphatic hydroxyl groups excluding tert-OH is 1. The lowest BCUT2D eigenvalue weighted by Crippen LogP contribution is -2.15. The van der Waals surface area contributed by atoms with Crippen LogP contribution in [0.4, 0.5) is 0 Å².